The minimum Gasteiger partial charge on any atom is -0.314 e. The maximum Gasteiger partial charge on any atom is 0.0127 e. The summed E-state index contributed by atoms with van der Waals surface area (Å²) in [6, 6.07) is 0.632. The summed E-state index contributed by atoms with van der Waals surface area (Å²) in [6.07, 6.45) is 5.69. The zero-order valence-electron chi connectivity index (χ0n) is 8.77. The van der Waals surface area contributed by atoms with Crippen molar-refractivity contribution < 1.29 is 0 Å². The Balaban J connectivity index is 3.80. The third kappa shape index (κ3) is 4.55. The molecule has 0 radical (unpaired) electrons. The van der Waals surface area contributed by atoms with Crippen molar-refractivity contribution in [2.24, 2.45) is 5.92 Å². The zero-order chi connectivity index (χ0) is 9.40. The predicted molar refractivity (Wildman–Crippen MR) is 56.4 cm³/mol. The molecule has 0 aliphatic rings. The van der Waals surface area contributed by atoms with E-state index in [4.69, 9.17) is 0 Å². The minimum atomic E-state index is 0.632. The first kappa shape index (κ1) is 11.7. The van der Waals surface area contributed by atoms with Gasteiger partial charge in [-0.1, -0.05) is 33.3 Å². The summed E-state index contributed by atoms with van der Waals surface area (Å²) >= 11 is 0. The molecule has 0 aromatic carbocycles. The molecule has 0 rings (SSSR count). The molecule has 0 spiro atoms. The van der Waals surface area contributed by atoms with E-state index in [9.17, 15) is 0 Å². The summed E-state index contributed by atoms with van der Waals surface area (Å²) in [5.74, 6) is 0.771. The first-order valence-electron chi connectivity index (χ1n) is 5.10. The van der Waals surface area contributed by atoms with E-state index in [0.717, 1.165) is 18.9 Å². The van der Waals surface area contributed by atoms with Crippen molar-refractivity contribution in [3.05, 3.63) is 12.7 Å². The van der Waals surface area contributed by atoms with Crippen LogP contribution < -0.4 is 5.32 Å². The van der Waals surface area contributed by atoms with E-state index in [0.29, 0.717) is 6.04 Å². The van der Waals surface area contributed by atoms with Crippen LogP contribution in [0.2, 0.25) is 0 Å². The summed E-state index contributed by atoms with van der Waals surface area (Å²) in [6.45, 7) is 11.6. The highest BCUT2D eigenvalue weighted by Gasteiger charge is 2.12. The molecule has 2 atom stereocenters. The lowest BCUT2D eigenvalue weighted by atomic mass is 9.94. The molecule has 0 aliphatic heterocycles. The molecule has 0 aliphatic carbocycles. The van der Waals surface area contributed by atoms with Gasteiger partial charge in [-0.25, -0.2) is 0 Å². The van der Waals surface area contributed by atoms with Crippen molar-refractivity contribution in [1.29, 1.82) is 0 Å². The Hall–Kier alpha value is -0.300. The van der Waals surface area contributed by atoms with Crippen molar-refractivity contribution >= 4 is 0 Å². The molecule has 0 saturated carbocycles. The molecule has 72 valence electrons. The third-order valence-electron chi connectivity index (χ3n) is 2.32. The van der Waals surface area contributed by atoms with Crippen LogP contribution in [0.15, 0.2) is 12.7 Å². The van der Waals surface area contributed by atoms with Crippen molar-refractivity contribution in [3.63, 3.8) is 0 Å². The molecule has 0 fully saturated rings. The Morgan fingerprint density at radius 3 is 2.50 bits per heavy atom. The summed E-state index contributed by atoms with van der Waals surface area (Å²) in [5.41, 5.74) is 0. The van der Waals surface area contributed by atoms with Crippen LogP contribution in [0.4, 0.5) is 0 Å². The minimum absolute atomic E-state index is 0.632. The zero-order valence-corrected chi connectivity index (χ0v) is 8.77. The maximum atomic E-state index is 3.79. The highest BCUT2D eigenvalue weighted by Crippen LogP contribution is 2.13. The van der Waals surface area contributed by atoms with Crippen molar-refractivity contribution in [3.8, 4) is 0 Å². The Bertz CT molecular complexity index is 110. The number of hydrogen-bond acceptors (Lipinski definition) is 1. The van der Waals surface area contributed by atoms with E-state index >= 15 is 0 Å². The van der Waals surface area contributed by atoms with Crippen LogP contribution in [-0.2, 0) is 0 Å². The smallest absolute Gasteiger partial charge is 0.0127 e. The largest absolute Gasteiger partial charge is 0.314 e. The second-order valence-corrected chi connectivity index (χ2v) is 3.45. The number of rotatable bonds is 7. The van der Waals surface area contributed by atoms with Gasteiger partial charge in [-0.3, -0.25) is 0 Å². The van der Waals surface area contributed by atoms with Crippen LogP contribution in [-0.4, -0.2) is 12.6 Å². The van der Waals surface area contributed by atoms with Gasteiger partial charge in [-0.05, 0) is 25.3 Å². The molecular formula is C11H23N. The fourth-order valence-electron chi connectivity index (χ4n) is 1.62. The van der Waals surface area contributed by atoms with E-state index in [1.807, 2.05) is 6.08 Å². The normalized spacial score (nSPS) is 15.6. The second-order valence-electron chi connectivity index (χ2n) is 3.45. The van der Waals surface area contributed by atoms with Crippen LogP contribution in [0, 0.1) is 5.92 Å². The molecule has 1 N–H and O–H groups in total. The molecular weight excluding hydrogens is 146 g/mol. The van der Waals surface area contributed by atoms with Crippen molar-refractivity contribution in [2.75, 3.05) is 6.54 Å². The quantitative estimate of drug-likeness (QED) is 0.578. The van der Waals surface area contributed by atoms with E-state index in [1.54, 1.807) is 0 Å². The summed E-state index contributed by atoms with van der Waals surface area (Å²) in [7, 11) is 0. The standard InChI is InChI=1S/C11H23N/c1-5-8-10(4)11(9-6-2)12-7-3/h6,10-12H,2,5,7-9H2,1,3-4H3. The average molecular weight is 169 g/mol. The third-order valence-corrected chi connectivity index (χ3v) is 2.32. The van der Waals surface area contributed by atoms with Gasteiger partial charge in [0.25, 0.3) is 0 Å². The molecule has 0 heterocycles. The monoisotopic (exact) mass is 169 g/mol. The SMILES string of the molecule is C=CCC(NCC)C(C)CCC. The van der Waals surface area contributed by atoms with Crippen LogP contribution in [0.3, 0.4) is 0 Å². The van der Waals surface area contributed by atoms with Gasteiger partial charge >= 0.3 is 0 Å². The molecule has 0 saturated heterocycles. The molecule has 1 nitrogen and oxygen atoms in total. The fraction of sp³-hybridized carbons (Fsp3) is 0.818. The van der Waals surface area contributed by atoms with E-state index in [2.05, 4.69) is 32.7 Å². The molecule has 12 heavy (non-hydrogen) atoms. The number of nitrogens with one attached hydrogen (secondary N) is 1. The van der Waals surface area contributed by atoms with Crippen LogP contribution in [0.5, 0.6) is 0 Å². The summed E-state index contributed by atoms with van der Waals surface area (Å²) in [4.78, 5) is 0. The van der Waals surface area contributed by atoms with Crippen LogP contribution in [0.1, 0.15) is 40.0 Å². The Morgan fingerprint density at radius 2 is 2.08 bits per heavy atom. The Morgan fingerprint density at radius 1 is 1.42 bits per heavy atom. The molecule has 0 aromatic rings. The molecule has 0 bridgehead atoms. The van der Waals surface area contributed by atoms with Gasteiger partial charge in [0.15, 0.2) is 0 Å². The lowest BCUT2D eigenvalue weighted by Gasteiger charge is -2.23. The first-order chi connectivity index (χ1) is 5.76. The molecule has 0 amide bonds. The van der Waals surface area contributed by atoms with Gasteiger partial charge in [0.2, 0.25) is 0 Å². The van der Waals surface area contributed by atoms with Gasteiger partial charge < -0.3 is 5.32 Å². The topological polar surface area (TPSA) is 12.0 Å². The molecule has 0 aromatic heterocycles. The lowest BCUT2D eigenvalue weighted by molar-refractivity contribution is 0.362. The van der Waals surface area contributed by atoms with Gasteiger partial charge in [0, 0.05) is 6.04 Å². The maximum absolute atomic E-state index is 3.79. The van der Waals surface area contributed by atoms with Crippen molar-refractivity contribution in [2.45, 2.75) is 46.1 Å². The van der Waals surface area contributed by atoms with Gasteiger partial charge in [0.1, 0.15) is 0 Å². The van der Waals surface area contributed by atoms with Crippen molar-refractivity contribution in [1.82, 2.24) is 5.32 Å². The Labute approximate surface area is 77.2 Å². The highest BCUT2D eigenvalue weighted by atomic mass is 14.9. The van der Waals surface area contributed by atoms with E-state index < -0.39 is 0 Å². The Kier molecular flexibility index (Phi) is 7.17. The van der Waals surface area contributed by atoms with Gasteiger partial charge in [-0.2, -0.15) is 0 Å². The van der Waals surface area contributed by atoms with Crippen LogP contribution >= 0.6 is 0 Å². The van der Waals surface area contributed by atoms with Gasteiger partial charge in [0.05, 0.1) is 0 Å². The fourth-order valence-corrected chi connectivity index (χ4v) is 1.62. The molecule has 1 heteroatoms. The second kappa shape index (κ2) is 7.35. The van der Waals surface area contributed by atoms with E-state index in [1.165, 1.54) is 12.8 Å². The van der Waals surface area contributed by atoms with Crippen LogP contribution in [0.25, 0.3) is 0 Å². The lowest BCUT2D eigenvalue weighted by Crippen LogP contribution is -2.34. The summed E-state index contributed by atoms with van der Waals surface area (Å²) < 4.78 is 0. The summed E-state index contributed by atoms with van der Waals surface area (Å²) in [5, 5.41) is 3.50. The molecule has 2 unspecified atom stereocenters. The highest BCUT2D eigenvalue weighted by molar-refractivity contribution is 4.81. The first-order valence-corrected chi connectivity index (χ1v) is 5.10. The number of hydrogen-bond donors (Lipinski definition) is 1. The predicted octanol–water partition coefficient (Wildman–Crippen LogP) is 2.98. The average Bonchev–Trinajstić information content (AvgIpc) is 2.04. The van der Waals surface area contributed by atoms with E-state index in [-0.39, 0.29) is 0 Å². The van der Waals surface area contributed by atoms with Gasteiger partial charge in [-0.15, -0.1) is 6.58 Å².